The van der Waals surface area contributed by atoms with Gasteiger partial charge < -0.3 is 14.8 Å². The molecule has 0 radical (unpaired) electrons. The number of carboxylic acid groups (broad SMARTS) is 1. The lowest BCUT2D eigenvalue weighted by Crippen LogP contribution is -2.43. The third-order valence-corrected chi connectivity index (χ3v) is 5.57. The van der Waals surface area contributed by atoms with Crippen LogP contribution in [-0.4, -0.2) is 49.3 Å². The van der Waals surface area contributed by atoms with Gasteiger partial charge in [0.15, 0.2) is 0 Å². The summed E-state index contributed by atoms with van der Waals surface area (Å²) in [6, 6.07) is 2.21. The number of carbonyl (C=O) groups is 2. The predicted molar refractivity (Wildman–Crippen MR) is 85.2 cm³/mol. The Balaban J connectivity index is 1.98. The molecule has 1 amide bonds. The highest BCUT2D eigenvalue weighted by Gasteiger charge is 2.34. The Hall–Kier alpha value is -1.84. The number of halogens is 1. The smallest absolute Gasteiger partial charge is 0.371 e. The Bertz CT molecular complexity index is 749. The average molecular weight is 377 g/mol. The Labute approximate surface area is 144 Å². The van der Waals surface area contributed by atoms with E-state index >= 15 is 0 Å². The Morgan fingerprint density at radius 3 is 2.50 bits per heavy atom. The van der Waals surface area contributed by atoms with Crippen LogP contribution in [0.2, 0.25) is 0 Å². The number of amides is 1. The van der Waals surface area contributed by atoms with Gasteiger partial charge in [0.25, 0.3) is 10.0 Å². The van der Waals surface area contributed by atoms with Crippen molar-refractivity contribution >= 4 is 33.5 Å². The van der Waals surface area contributed by atoms with Crippen LogP contribution in [0.5, 0.6) is 0 Å². The van der Waals surface area contributed by atoms with E-state index in [1.807, 2.05) is 0 Å². The van der Waals surface area contributed by atoms with Gasteiger partial charge >= 0.3 is 5.97 Å². The quantitative estimate of drug-likeness (QED) is 0.771. The van der Waals surface area contributed by atoms with E-state index in [4.69, 9.17) is 21.1 Å². The molecule has 0 aliphatic carbocycles. The van der Waals surface area contributed by atoms with E-state index in [0.29, 0.717) is 17.9 Å². The van der Waals surface area contributed by atoms with Crippen molar-refractivity contribution in [2.45, 2.75) is 17.9 Å². The summed E-state index contributed by atoms with van der Waals surface area (Å²) in [5.74, 6) is -2.28. The number of nitrogens with one attached hydrogen (secondary N) is 1. The van der Waals surface area contributed by atoms with E-state index in [-0.39, 0.29) is 31.5 Å². The van der Waals surface area contributed by atoms with E-state index < -0.39 is 26.8 Å². The molecule has 0 spiro atoms. The van der Waals surface area contributed by atoms with Crippen LogP contribution in [0, 0.1) is 5.92 Å². The molecule has 132 valence electrons. The minimum atomic E-state index is -3.91. The zero-order valence-corrected chi connectivity index (χ0v) is 14.3. The molecule has 1 fully saturated rings. The van der Waals surface area contributed by atoms with Crippen molar-refractivity contribution < 1.29 is 27.5 Å². The highest BCUT2D eigenvalue weighted by Crippen LogP contribution is 2.25. The highest BCUT2D eigenvalue weighted by molar-refractivity contribution is 7.89. The molecule has 2 rings (SSSR count). The van der Waals surface area contributed by atoms with Crippen LogP contribution < -0.4 is 5.32 Å². The van der Waals surface area contributed by atoms with Gasteiger partial charge in [-0.15, -0.1) is 0 Å². The second kappa shape index (κ2) is 7.37. The van der Waals surface area contributed by atoms with Gasteiger partial charge in [0.05, 0.1) is 6.54 Å². The molecule has 0 unspecified atom stereocenters. The summed E-state index contributed by atoms with van der Waals surface area (Å²) in [5.41, 5.74) is 0. The molecule has 1 aromatic rings. The maximum Gasteiger partial charge on any atom is 0.371 e. The van der Waals surface area contributed by atoms with Crippen molar-refractivity contribution in [2.24, 2.45) is 5.92 Å². The first-order chi connectivity index (χ1) is 11.2. The number of piperidine rings is 1. The van der Waals surface area contributed by atoms with Crippen molar-refractivity contribution in [1.82, 2.24) is 9.62 Å². The van der Waals surface area contributed by atoms with Crippen molar-refractivity contribution in [3.8, 4) is 0 Å². The molecule has 24 heavy (non-hydrogen) atoms. The molecule has 1 aliphatic heterocycles. The number of carbonyl (C=O) groups excluding carboxylic acids is 1. The molecular weight excluding hydrogens is 360 g/mol. The van der Waals surface area contributed by atoms with Gasteiger partial charge in [0.2, 0.25) is 16.8 Å². The fraction of sp³-hybridized carbons (Fsp3) is 0.429. The summed E-state index contributed by atoms with van der Waals surface area (Å²) in [7, 11) is -3.91. The van der Waals surface area contributed by atoms with E-state index in [2.05, 4.69) is 11.9 Å². The van der Waals surface area contributed by atoms with Crippen LogP contribution in [0.1, 0.15) is 23.4 Å². The van der Waals surface area contributed by atoms with Gasteiger partial charge in [-0.25, -0.2) is 13.2 Å². The number of hydrogen-bond acceptors (Lipinski definition) is 5. The fourth-order valence-electron chi connectivity index (χ4n) is 2.39. The van der Waals surface area contributed by atoms with Gasteiger partial charge in [-0.3, -0.25) is 4.79 Å². The van der Waals surface area contributed by atoms with E-state index in [1.54, 1.807) is 0 Å². The van der Waals surface area contributed by atoms with Gasteiger partial charge in [-0.2, -0.15) is 4.31 Å². The molecule has 1 aliphatic rings. The second-order valence-electron chi connectivity index (χ2n) is 5.34. The number of carboxylic acids is 1. The number of aromatic carboxylic acids is 1. The number of hydrogen-bond donors (Lipinski definition) is 2. The summed E-state index contributed by atoms with van der Waals surface area (Å²) >= 11 is 5.59. The number of rotatable bonds is 6. The fourth-order valence-corrected chi connectivity index (χ4v) is 3.83. The SMILES string of the molecule is C=C(Cl)CNC(=O)C1CCN(S(=O)(=O)c2ccc(C(=O)O)o2)CC1. The lowest BCUT2D eigenvalue weighted by atomic mass is 9.97. The monoisotopic (exact) mass is 376 g/mol. The normalized spacial score (nSPS) is 16.7. The van der Waals surface area contributed by atoms with Gasteiger partial charge in [0.1, 0.15) is 0 Å². The van der Waals surface area contributed by atoms with E-state index in [9.17, 15) is 18.0 Å². The van der Waals surface area contributed by atoms with Crippen molar-refractivity contribution in [2.75, 3.05) is 19.6 Å². The Morgan fingerprint density at radius 1 is 1.38 bits per heavy atom. The molecule has 8 nitrogen and oxygen atoms in total. The number of nitrogens with zero attached hydrogens (tertiary/aromatic N) is 1. The van der Waals surface area contributed by atoms with Gasteiger partial charge in [0, 0.05) is 24.0 Å². The zero-order valence-electron chi connectivity index (χ0n) is 12.7. The summed E-state index contributed by atoms with van der Waals surface area (Å²) in [6.45, 7) is 3.93. The van der Waals surface area contributed by atoms with Gasteiger partial charge in [-0.05, 0) is 25.0 Å². The summed E-state index contributed by atoms with van der Waals surface area (Å²) < 4.78 is 30.9. The van der Waals surface area contributed by atoms with Gasteiger partial charge in [-0.1, -0.05) is 18.2 Å². The molecule has 2 heterocycles. The molecule has 0 bridgehead atoms. The third kappa shape index (κ3) is 4.16. The van der Waals surface area contributed by atoms with Crippen LogP contribution in [0.4, 0.5) is 0 Å². The molecule has 0 atom stereocenters. The molecule has 2 N–H and O–H groups in total. The third-order valence-electron chi connectivity index (χ3n) is 3.67. The largest absolute Gasteiger partial charge is 0.475 e. The maximum atomic E-state index is 12.4. The maximum absolute atomic E-state index is 12.4. The molecule has 0 saturated carbocycles. The van der Waals surface area contributed by atoms with Crippen LogP contribution in [0.3, 0.4) is 0 Å². The Morgan fingerprint density at radius 2 is 2.00 bits per heavy atom. The number of furan rings is 1. The summed E-state index contributed by atoms with van der Waals surface area (Å²) in [6.07, 6.45) is 0.707. The molecule has 1 aromatic heterocycles. The van der Waals surface area contributed by atoms with Crippen LogP contribution in [0.25, 0.3) is 0 Å². The molecule has 1 saturated heterocycles. The standard InChI is InChI=1S/C14H17ClN2O6S/c1-9(15)8-16-13(18)10-4-6-17(7-5-10)24(21,22)12-3-2-11(23-12)14(19)20/h2-3,10H,1,4-8H2,(H,16,18)(H,19,20). The minimum Gasteiger partial charge on any atom is -0.475 e. The lowest BCUT2D eigenvalue weighted by molar-refractivity contribution is -0.125. The van der Waals surface area contributed by atoms with Crippen LogP contribution >= 0.6 is 11.6 Å². The number of sulfonamides is 1. The van der Waals surface area contributed by atoms with Crippen LogP contribution in [0.15, 0.2) is 33.3 Å². The lowest BCUT2D eigenvalue weighted by Gasteiger charge is -2.29. The van der Waals surface area contributed by atoms with E-state index in [0.717, 1.165) is 12.1 Å². The summed E-state index contributed by atoms with van der Waals surface area (Å²) in [5, 5.41) is 11.3. The summed E-state index contributed by atoms with van der Waals surface area (Å²) in [4.78, 5) is 22.7. The topological polar surface area (TPSA) is 117 Å². The second-order valence-corrected chi connectivity index (χ2v) is 7.74. The zero-order chi connectivity index (χ0) is 17.9. The van der Waals surface area contributed by atoms with Crippen molar-refractivity contribution in [3.05, 3.63) is 29.5 Å². The van der Waals surface area contributed by atoms with Crippen molar-refractivity contribution in [1.29, 1.82) is 0 Å². The first kappa shape index (κ1) is 18.5. The minimum absolute atomic E-state index is 0.144. The molecule has 0 aromatic carbocycles. The first-order valence-corrected chi connectivity index (χ1v) is 8.98. The average Bonchev–Trinajstić information content (AvgIpc) is 3.03. The van der Waals surface area contributed by atoms with E-state index in [1.165, 1.54) is 4.31 Å². The Kier molecular flexibility index (Phi) is 5.68. The van der Waals surface area contributed by atoms with Crippen molar-refractivity contribution in [3.63, 3.8) is 0 Å². The first-order valence-electron chi connectivity index (χ1n) is 7.16. The van der Waals surface area contributed by atoms with Crippen LogP contribution in [-0.2, 0) is 14.8 Å². The molecular formula is C14H17ClN2O6S. The predicted octanol–water partition coefficient (Wildman–Crippen LogP) is 1.25. The molecule has 10 heteroatoms. The highest BCUT2D eigenvalue weighted by atomic mass is 35.5.